The van der Waals surface area contributed by atoms with Crippen molar-refractivity contribution in [1.29, 1.82) is 0 Å². The van der Waals surface area contributed by atoms with Gasteiger partial charge in [0.2, 0.25) is 5.91 Å². The number of carbonyl (C=O) groups excluding carboxylic acids is 1. The Hall–Kier alpha value is -2.24. The average Bonchev–Trinajstić information content (AvgIpc) is 3.04. The predicted molar refractivity (Wildman–Crippen MR) is 101 cm³/mol. The first-order valence-corrected chi connectivity index (χ1v) is 9.08. The number of aromatic nitrogens is 1. The molecule has 0 bridgehead atoms. The highest BCUT2D eigenvalue weighted by Crippen LogP contribution is 2.33. The van der Waals surface area contributed by atoms with E-state index >= 15 is 0 Å². The van der Waals surface area contributed by atoms with Crippen LogP contribution >= 0.6 is 22.9 Å². The Kier molecular flexibility index (Phi) is 5.16. The van der Waals surface area contributed by atoms with Gasteiger partial charge in [0.1, 0.15) is 11.7 Å². The van der Waals surface area contributed by atoms with Crippen molar-refractivity contribution in [2.45, 2.75) is 13.8 Å². The smallest absolute Gasteiger partial charge is 0.248 e. The van der Waals surface area contributed by atoms with E-state index in [0.717, 1.165) is 22.4 Å². The fourth-order valence-corrected chi connectivity index (χ4v) is 3.61. The summed E-state index contributed by atoms with van der Waals surface area (Å²) in [5.74, 6) is -0.682. The summed E-state index contributed by atoms with van der Waals surface area (Å²) in [5.41, 5.74) is 4.33. The first-order chi connectivity index (χ1) is 12.0. The number of hydrogen-bond acceptors (Lipinski definition) is 3. The fourth-order valence-electron chi connectivity index (χ4n) is 2.62. The van der Waals surface area contributed by atoms with Crippen molar-refractivity contribution in [1.82, 2.24) is 4.98 Å². The van der Waals surface area contributed by atoms with Crippen LogP contribution in [0.4, 0.5) is 15.2 Å². The average molecular weight is 375 g/mol. The number of nitrogens with zero attached hydrogens (tertiary/aromatic N) is 2. The molecule has 1 amide bonds. The normalized spacial score (nSPS) is 10.7. The van der Waals surface area contributed by atoms with E-state index < -0.39 is 0 Å². The number of benzene rings is 2. The van der Waals surface area contributed by atoms with E-state index in [1.807, 2.05) is 37.4 Å². The molecule has 0 fully saturated rings. The first kappa shape index (κ1) is 17.6. The Morgan fingerprint density at radius 3 is 2.40 bits per heavy atom. The van der Waals surface area contributed by atoms with Crippen LogP contribution in [-0.4, -0.2) is 16.8 Å². The van der Waals surface area contributed by atoms with E-state index in [0.29, 0.717) is 10.8 Å². The number of anilines is 2. The van der Waals surface area contributed by atoms with Crippen LogP contribution in [0.1, 0.15) is 11.1 Å². The molecule has 128 valence electrons. The molecule has 3 nitrogen and oxygen atoms in total. The van der Waals surface area contributed by atoms with Gasteiger partial charge >= 0.3 is 0 Å². The van der Waals surface area contributed by atoms with Crippen molar-refractivity contribution in [3.8, 4) is 11.3 Å². The maximum atomic E-state index is 13.1. The fraction of sp³-hybridized carbons (Fsp3) is 0.158. The predicted octanol–water partition coefficient (Wildman–Crippen LogP) is 5.47. The SMILES string of the molecule is Cc1cc(C)cc(N(C(=O)CCl)c2nc(-c3ccc(F)cc3)cs2)c1. The summed E-state index contributed by atoms with van der Waals surface area (Å²) in [7, 11) is 0. The van der Waals surface area contributed by atoms with Crippen molar-refractivity contribution in [2.75, 3.05) is 10.8 Å². The quantitative estimate of drug-likeness (QED) is 0.567. The Morgan fingerprint density at radius 2 is 1.80 bits per heavy atom. The van der Waals surface area contributed by atoms with Gasteiger partial charge in [-0.1, -0.05) is 6.07 Å². The van der Waals surface area contributed by atoms with Gasteiger partial charge in [-0.2, -0.15) is 0 Å². The first-order valence-electron chi connectivity index (χ1n) is 7.66. The molecule has 25 heavy (non-hydrogen) atoms. The molecule has 0 aliphatic carbocycles. The second-order valence-electron chi connectivity index (χ2n) is 5.73. The minimum atomic E-state index is -0.298. The van der Waals surface area contributed by atoms with Crippen LogP contribution < -0.4 is 4.90 Å². The van der Waals surface area contributed by atoms with Crippen LogP contribution in [0.25, 0.3) is 11.3 Å². The summed E-state index contributed by atoms with van der Waals surface area (Å²) in [6.07, 6.45) is 0. The molecule has 1 aromatic heterocycles. The zero-order chi connectivity index (χ0) is 18.0. The largest absolute Gasteiger partial charge is 0.273 e. The number of halogens is 2. The second-order valence-corrected chi connectivity index (χ2v) is 6.83. The van der Waals surface area contributed by atoms with E-state index in [4.69, 9.17) is 11.6 Å². The van der Waals surface area contributed by atoms with E-state index in [1.54, 1.807) is 12.1 Å². The third-order valence-electron chi connectivity index (χ3n) is 3.65. The van der Waals surface area contributed by atoms with Crippen LogP contribution in [0.2, 0.25) is 0 Å². The molecule has 0 aliphatic heterocycles. The molecule has 0 saturated carbocycles. The van der Waals surface area contributed by atoms with Crippen molar-refractivity contribution in [2.24, 2.45) is 0 Å². The highest BCUT2D eigenvalue weighted by molar-refractivity contribution is 7.14. The molecule has 0 atom stereocenters. The highest BCUT2D eigenvalue weighted by Gasteiger charge is 2.21. The standard InChI is InChI=1S/C19H16ClFN2OS/c1-12-7-13(2)9-16(8-12)23(18(24)10-20)19-22-17(11-25-19)14-3-5-15(21)6-4-14/h3-9,11H,10H2,1-2H3. The van der Waals surface area contributed by atoms with Gasteiger partial charge in [-0.25, -0.2) is 9.37 Å². The minimum absolute atomic E-state index is 0.140. The van der Waals surface area contributed by atoms with Gasteiger partial charge in [0.15, 0.2) is 5.13 Å². The zero-order valence-electron chi connectivity index (χ0n) is 13.8. The molecular weight excluding hydrogens is 359 g/mol. The summed E-state index contributed by atoms with van der Waals surface area (Å²) < 4.78 is 13.1. The van der Waals surface area contributed by atoms with Gasteiger partial charge in [0.25, 0.3) is 0 Å². The van der Waals surface area contributed by atoms with E-state index in [9.17, 15) is 9.18 Å². The van der Waals surface area contributed by atoms with Gasteiger partial charge in [0, 0.05) is 10.9 Å². The number of aryl methyl sites for hydroxylation is 2. The summed E-state index contributed by atoms with van der Waals surface area (Å²) in [5, 5.41) is 2.38. The minimum Gasteiger partial charge on any atom is -0.273 e. The lowest BCUT2D eigenvalue weighted by Crippen LogP contribution is -2.27. The van der Waals surface area contributed by atoms with Crippen LogP contribution in [0.15, 0.2) is 47.8 Å². The van der Waals surface area contributed by atoms with Crippen molar-refractivity contribution < 1.29 is 9.18 Å². The summed E-state index contributed by atoms with van der Waals surface area (Å²) in [4.78, 5) is 18.5. The third kappa shape index (κ3) is 3.89. The molecule has 0 radical (unpaired) electrons. The maximum absolute atomic E-state index is 13.1. The number of hydrogen-bond donors (Lipinski definition) is 0. The number of amides is 1. The van der Waals surface area contributed by atoms with Gasteiger partial charge in [0.05, 0.1) is 11.4 Å². The molecule has 3 rings (SSSR count). The summed E-state index contributed by atoms with van der Waals surface area (Å²) >= 11 is 7.16. The Balaban J connectivity index is 2.03. The van der Waals surface area contributed by atoms with Crippen LogP contribution in [0, 0.1) is 19.7 Å². The van der Waals surface area contributed by atoms with Crippen LogP contribution in [-0.2, 0) is 4.79 Å². The molecule has 0 saturated heterocycles. The summed E-state index contributed by atoms with van der Waals surface area (Å²) in [6, 6.07) is 12.0. The lowest BCUT2D eigenvalue weighted by atomic mass is 10.1. The second kappa shape index (κ2) is 7.33. The van der Waals surface area contributed by atoms with Gasteiger partial charge in [-0.15, -0.1) is 22.9 Å². The van der Waals surface area contributed by atoms with Crippen LogP contribution in [0.5, 0.6) is 0 Å². The maximum Gasteiger partial charge on any atom is 0.248 e. The molecule has 1 heterocycles. The summed E-state index contributed by atoms with van der Waals surface area (Å²) in [6.45, 7) is 3.96. The van der Waals surface area contributed by atoms with E-state index in [-0.39, 0.29) is 17.6 Å². The number of thiazole rings is 1. The monoisotopic (exact) mass is 374 g/mol. The topological polar surface area (TPSA) is 33.2 Å². The molecule has 2 aromatic carbocycles. The van der Waals surface area contributed by atoms with E-state index in [2.05, 4.69) is 4.98 Å². The lowest BCUT2D eigenvalue weighted by Gasteiger charge is -2.20. The van der Waals surface area contributed by atoms with Crippen LogP contribution in [0.3, 0.4) is 0 Å². The Bertz CT molecular complexity index is 888. The molecule has 0 N–H and O–H groups in total. The van der Waals surface area contributed by atoms with Crippen molar-refractivity contribution in [3.05, 3.63) is 64.8 Å². The molecule has 0 spiro atoms. The molecular formula is C19H16ClFN2OS. The number of alkyl halides is 1. The number of rotatable bonds is 4. The van der Waals surface area contributed by atoms with Crippen molar-refractivity contribution in [3.63, 3.8) is 0 Å². The zero-order valence-corrected chi connectivity index (χ0v) is 15.4. The van der Waals surface area contributed by atoms with Gasteiger partial charge in [-0.05, 0) is 61.4 Å². The molecule has 0 aliphatic rings. The lowest BCUT2D eigenvalue weighted by molar-refractivity contribution is -0.115. The molecule has 6 heteroatoms. The third-order valence-corrected chi connectivity index (χ3v) is 4.71. The van der Waals surface area contributed by atoms with Gasteiger partial charge in [-0.3, -0.25) is 9.69 Å². The Labute approximate surface area is 154 Å². The van der Waals surface area contributed by atoms with Gasteiger partial charge < -0.3 is 0 Å². The van der Waals surface area contributed by atoms with E-state index in [1.165, 1.54) is 28.4 Å². The highest BCUT2D eigenvalue weighted by atomic mass is 35.5. The number of carbonyl (C=O) groups is 1. The molecule has 3 aromatic rings. The van der Waals surface area contributed by atoms with Crippen molar-refractivity contribution >= 4 is 39.7 Å². The Morgan fingerprint density at radius 1 is 1.16 bits per heavy atom. The molecule has 0 unspecified atom stereocenters.